The number of hydrogen-bond donors (Lipinski definition) is 0. The lowest BCUT2D eigenvalue weighted by molar-refractivity contribution is 0.962. The van der Waals surface area contributed by atoms with Gasteiger partial charge in [0, 0.05) is 0 Å². The molecule has 0 aromatic carbocycles. The Bertz CT molecular complexity index is 273. The van der Waals surface area contributed by atoms with Crippen molar-refractivity contribution < 1.29 is 0 Å². The summed E-state index contributed by atoms with van der Waals surface area (Å²) < 4.78 is 0. The van der Waals surface area contributed by atoms with Crippen molar-refractivity contribution in [2.45, 2.75) is 20.3 Å². The molecule has 0 fully saturated rings. The third-order valence-corrected chi connectivity index (χ3v) is 2.25. The summed E-state index contributed by atoms with van der Waals surface area (Å²) in [5.74, 6) is 0. The Morgan fingerprint density at radius 2 is 1.73 bits per heavy atom. The van der Waals surface area contributed by atoms with Crippen LogP contribution in [0.1, 0.15) is 18.1 Å². The zero-order chi connectivity index (χ0) is 8.43. The Labute approximate surface area is 75.5 Å². The van der Waals surface area contributed by atoms with E-state index < -0.39 is 0 Å². The molecule has 0 aliphatic carbocycles. The molecule has 0 spiro atoms. The van der Waals surface area contributed by atoms with Crippen LogP contribution < -0.4 is 0 Å². The largest absolute Gasteiger partial charge is 0.155 e. The maximum absolute atomic E-state index is 5.77. The second kappa shape index (κ2) is 3.37. The van der Waals surface area contributed by atoms with Gasteiger partial charge in [0.05, 0.1) is 0 Å². The smallest absolute Gasteiger partial charge is 0.137 e. The van der Waals surface area contributed by atoms with E-state index in [4.69, 9.17) is 23.2 Å². The van der Waals surface area contributed by atoms with Crippen LogP contribution in [-0.2, 0) is 6.42 Å². The summed E-state index contributed by atoms with van der Waals surface area (Å²) in [6.45, 7) is 3.90. The van der Waals surface area contributed by atoms with E-state index in [1.807, 2.05) is 13.8 Å². The van der Waals surface area contributed by atoms with Crippen LogP contribution in [0, 0.1) is 6.92 Å². The van der Waals surface area contributed by atoms with Crippen LogP contribution in [0.15, 0.2) is 0 Å². The molecule has 0 saturated carbocycles. The van der Waals surface area contributed by atoms with Crippen molar-refractivity contribution in [2.24, 2.45) is 0 Å². The quantitative estimate of drug-likeness (QED) is 0.681. The Balaban J connectivity index is 3.29. The average Bonchev–Trinajstić information content (AvgIpc) is 1.99. The zero-order valence-corrected chi connectivity index (χ0v) is 7.87. The normalized spacial score (nSPS) is 10.2. The van der Waals surface area contributed by atoms with Gasteiger partial charge in [0.1, 0.15) is 0 Å². The molecule has 60 valence electrons. The first-order chi connectivity index (χ1) is 5.16. The van der Waals surface area contributed by atoms with Crippen LogP contribution in [0.25, 0.3) is 0 Å². The van der Waals surface area contributed by atoms with Crippen molar-refractivity contribution in [3.05, 3.63) is 21.4 Å². The van der Waals surface area contributed by atoms with Crippen molar-refractivity contribution in [1.29, 1.82) is 0 Å². The number of nitrogens with zero attached hydrogens (tertiary/aromatic N) is 2. The van der Waals surface area contributed by atoms with Crippen molar-refractivity contribution in [1.82, 2.24) is 10.2 Å². The molecule has 0 bridgehead atoms. The summed E-state index contributed by atoms with van der Waals surface area (Å²) in [5.41, 5.74) is 1.90. The molecule has 0 saturated heterocycles. The Morgan fingerprint density at radius 1 is 1.18 bits per heavy atom. The molecule has 2 nitrogen and oxygen atoms in total. The molecule has 0 amide bonds. The molecule has 0 aliphatic rings. The zero-order valence-electron chi connectivity index (χ0n) is 6.36. The predicted molar refractivity (Wildman–Crippen MR) is 46.2 cm³/mol. The predicted octanol–water partition coefficient (Wildman–Crippen LogP) is 2.65. The van der Waals surface area contributed by atoms with Gasteiger partial charge in [-0.2, -0.15) is 0 Å². The summed E-state index contributed by atoms with van der Waals surface area (Å²) in [5, 5.41) is 8.25. The fraction of sp³-hybridized carbons (Fsp3) is 0.429. The number of halogens is 2. The molecule has 1 rings (SSSR count). The topological polar surface area (TPSA) is 25.8 Å². The summed E-state index contributed by atoms with van der Waals surface area (Å²) in [4.78, 5) is 0. The monoisotopic (exact) mass is 190 g/mol. The van der Waals surface area contributed by atoms with Crippen molar-refractivity contribution in [3.8, 4) is 0 Å². The minimum Gasteiger partial charge on any atom is -0.137 e. The fourth-order valence-electron chi connectivity index (χ4n) is 0.913. The fourth-order valence-corrected chi connectivity index (χ4v) is 1.38. The van der Waals surface area contributed by atoms with Crippen molar-refractivity contribution in [2.75, 3.05) is 0 Å². The highest BCUT2D eigenvalue weighted by molar-refractivity contribution is 6.32. The lowest BCUT2D eigenvalue weighted by Crippen LogP contribution is -1.95. The Morgan fingerprint density at radius 3 is 2.18 bits per heavy atom. The highest BCUT2D eigenvalue weighted by atomic mass is 35.5. The summed E-state index contributed by atoms with van der Waals surface area (Å²) >= 11 is 11.5. The van der Waals surface area contributed by atoms with E-state index in [1.54, 1.807) is 0 Å². The summed E-state index contributed by atoms with van der Waals surface area (Å²) in [6.07, 6.45) is 0.833. The lowest BCUT2D eigenvalue weighted by Gasteiger charge is -2.03. The van der Waals surface area contributed by atoms with Crippen LogP contribution in [0.5, 0.6) is 0 Å². The third kappa shape index (κ3) is 1.63. The Kier molecular flexibility index (Phi) is 2.68. The molecule has 1 heterocycles. The van der Waals surface area contributed by atoms with E-state index in [9.17, 15) is 0 Å². The van der Waals surface area contributed by atoms with E-state index in [1.165, 1.54) is 0 Å². The number of rotatable bonds is 1. The van der Waals surface area contributed by atoms with Gasteiger partial charge in [-0.15, -0.1) is 10.2 Å². The van der Waals surface area contributed by atoms with Crippen molar-refractivity contribution in [3.63, 3.8) is 0 Å². The SMILES string of the molecule is CCc1c(Cl)nnc(Cl)c1C. The van der Waals surface area contributed by atoms with E-state index in [0.29, 0.717) is 10.3 Å². The maximum atomic E-state index is 5.77. The van der Waals surface area contributed by atoms with Crippen LogP contribution in [0.3, 0.4) is 0 Å². The van der Waals surface area contributed by atoms with Gasteiger partial charge >= 0.3 is 0 Å². The van der Waals surface area contributed by atoms with E-state index in [2.05, 4.69) is 10.2 Å². The number of hydrogen-bond acceptors (Lipinski definition) is 2. The average molecular weight is 191 g/mol. The van der Waals surface area contributed by atoms with Gasteiger partial charge in [-0.1, -0.05) is 30.1 Å². The van der Waals surface area contributed by atoms with Crippen LogP contribution in [0.4, 0.5) is 0 Å². The van der Waals surface area contributed by atoms with Gasteiger partial charge in [-0.25, -0.2) is 0 Å². The molecule has 11 heavy (non-hydrogen) atoms. The summed E-state index contributed by atoms with van der Waals surface area (Å²) in [6, 6.07) is 0. The van der Waals surface area contributed by atoms with Gasteiger partial charge in [-0.3, -0.25) is 0 Å². The van der Waals surface area contributed by atoms with Gasteiger partial charge in [-0.05, 0) is 24.5 Å². The molecule has 0 radical (unpaired) electrons. The Hall–Kier alpha value is -0.340. The molecule has 0 aliphatic heterocycles. The number of aromatic nitrogens is 2. The molecule has 0 unspecified atom stereocenters. The second-order valence-electron chi connectivity index (χ2n) is 2.24. The standard InChI is InChI=1S/C7H8Cl2N2/c1-3-5-4(2)6(8)10-11-7(5)9/h3H2,1-2H3. The minimum atomic E-state index is 0.436. The van der Waals surface area contributed by atoms with Crippen LogP contribution in [-0.4, -0.2) is 10.2 Å². The highest BCUT2D eigenvalue weighted by Gasteiger charge is 2.07. The molecule has 4 heteroatoms. The van der Waals surface area contributed by atoms with Crippen molar-refractivity contribution >= 4 is 23.2 Å². The molecular weight excluding hydrogens is 183 g/mol. The molecule has 0 N–H and O–H groups in total. The van der Waals surface area contributed by atoms with Crippen LogP contribution in [0.2, 0.25) is 10.3 Å². The van der Waals surface area contributed by atoms with E-state index in [0.717, 1.165) is 17.5 Å². The van der Waals surface area contributed by atoms with Crippen LogP contribution >= 0.6 is 23.2 Å². The van der Waals surface area contributed by atoms with Gasteiger partial charge < -0.3 is 0 Å². The first kappa shape index (κ1) is 8.75. The van der Waals surface area contributed by atoms with Gasteiger partial charge in [0.2, 0.25) is 0 Å². The maximum Gasteiger partial charge on any atom is 0.155 e. The van der Waals surface area contributed by atoms with E-state index in [-0.39, 0.29) is 0 Å². The summed E-state index contributed by atoms with van der Waals surface area (Å²) in [7, 11) is 0. The van der Waals surface area contributed by atoms with E-state index >= 15 is 0 Å². The minimum absolute atomic E-state index is 0.436. The third-order valence-electron chi connectivity index (χ3n) is 1.59. The van der Waals surface area contributed by atoms with Gasteiger partial charge in [0.25, 0.3) is 0 Å². The highest BCUT2D eigenvalue weighted by Crippen LogP contribution is 2.21. The molecule has 0 atom stereocenters. The van der Waals surface area contributed by atoms with Gasteiger partial charge in [0.15, 0.2) is 10.3 Å². The molecule has 1 aromatic heterocycles. The first-order valence-electron chi connectivity index (χ1n) is 3.34. The molecular formula is C7H8Cl2N2. The second-order valence-corrected chi connectivity index (χ2v) is 2.95. The first-order valence-corrected chi connectivity index (χ1v) is 4.09. The lowest BCUT2D eigenvalue weighted by atomic mass is 10.1. The molecule has 1 aromatic rings.